The van der Waals surface area contributed by atoms with Crippen LogP contribution in [0.5, 0.6) is 5.75 Å². The van der Waals surface area contributed by atoms with E-state index in [2.05, 4.69) is 20.8 Å². The minimum Gasteiger partial charge on any atom is -0.424 e. The van der Waals surface area contributed by atoms with Gasteiger partial charge in [0.25, 0.3) is 0 Å². The van der Waals surface area contributed by atoms with Crippen molar-refractivity contribution in [3.05, 3.63) is 66.2 Å². The van der Waals surface area contributed by atoms with Gasteiger partial charge in [0.15, 0.2) is 0 Å². The van der Waals surface area contributed by atoms with Crippen LogP contribution in [-0.2, 0) is 15.3 Å². The molecule has 0 aliphatic heterocycles. The molecule has 0 heterocycles. The Morgan fingerprint density at radius 3 is 2.26 bits per heavy atom. The Balaban J connectivity index is 1.85. The maximum absolute atomic E-state index is 13.9. The van der Waals surface area contributed by atoms with Gasteiger partial charge in [0.2, 0.25) is 0 Å². The number of benzene rings is 2. The monoisotopic (exact) mass is 386 g/mol. The molecule has 0 N–H and O–H groups in total. The summed E-state index contributed by atoms with van der Waals surface area (Å²) in [4.78, 5) is 0. The fourth-order valence-electron chi connectivity index (χ4n) is 3.98. The molecule has 2 aromatic rings. The van der Waals surface area contributed by atoms with Gasteiger partial charge in [-0.25, -0.2) is 4.57 Å². The van der Waals surface area contributed by atoms with Crippen LogP contribution < -0.4 is 4.52 Å². The van der Waals surface area contributed by atoms with Gasteiger partial charge in [-0.05, 0) is 48.3 Å². The zero-order chi connectivity index (χ0) is 19.3. The van der Waals surface area contributed by atoms with Crippen LogP contribution in [0.4, 0.5) is 0 Å². The third-order valence-corrected chi connectivity index (χ3v) is 7.30. The van der Waals surface area contributed by atoms with E-state index in [1.54, 1.807) is 0 Å². The first-order chi connectivity index (χ1) is 13.0. The van der Waals surface area contributed by atoms with Crippen LogP contribution in [0.1, 0.15) is 45.6 Å². The van der Waals surface area contributed by atoms with Crippen molar-refractivity contribution in [3.8, 4) is 5.75 Å². The topological polar surface area (TPSA) is 35.5 Å². The molecule has 1 aliphatic carbocycles. The van der Waals surface area contributed by atoms with Crippen molar-refractivity contribution in [1.29, 1.82) is 0 Å². The van der Waals surface area contributed by atoms with Crippen LogP contribution in [0.2, 0.25) is 0 Å². The summed E-state index contributed by atoms with van der Waals surface area (Å²) in [5.74, 6) is 2.11. The van der Waals surface area contributed by atoms with E-state index in [-0.39, 0.29) is 6.10 Å². The molecule has 0 aromatic heterocycles. The van der Waals surface area contributed by atoms with E-state index < -0.39 is 7.60 Å². The van der Waals surface area contributed by atoms with Gasteiger partial charge in [-0.2, -0.15) is 0 Å². The van der Waals surface area contributed by atoms with Crippen molar-refractivity contribution < 1.29 is 13.6 Å². The summed E-state index contributed by atoms with van der Waals surface area (Å²) in [5.41, 5.74) is 0.974. The largest absolute Gasteiger partial charge is 0.424 e. The molecule has 4 atom stereocenters. The predicted molar refractivity (Wildman–Crippen MR) is 111 cm³/mol. The highest BCUT2D eigenvalue weighted by molar-refractivity contribution is 7.53. The summed E-state index contributed by atoms with van der Waals surface area (Å²) in [6.07, 6.45) is 3.55. The van der Waals surface area contributed by atoms with Crippen LogP contribution in [0.15, 0.2) is 60.7 Å². The van der Waals surface area contributed by atoms with Gasteiger partial charge in [0.1, 0.15) is 5.75 Å². The van der Waals surface area contributed by atoms with Crippen molar-refractivity contribution in [2.75, 3.05) is 0 Å². The van der Waals surface area contributed by atoms with Gasteiger partial charge in [-0.15, -0.1) is 0 Å². The summed E-state index contributed by atoms with van der Waals surface area (Å²) in [6.45, 7) is 6.72. The lowest BCUT2D eigenvalue weighted by molar-refractivity contribution is 0.0388. The standard InChI is InChI=1S/C23H31O3P/c1-18(2)22-15-14-19(3)16-23(22)26-27(24,17-20-10-6-4-7-11-20)25-21-12-8-5-9-13-21/h4-13,18-19,22-23H,14-17H2,1-3H3/t19-,22+,23-,27?/m0/s1. The first-order valence-corrected chi connectivity index (χ1v) is 11.7. The average molecular weight is 386 g/mol. The van der Waals surface area contributed by atoms with Gasteiger partial charge in [0, 0.05) is 0 Å². The van der Waals surface area contributed by atoms with Crippen molar-refractivity contribution in [1.82, 2.24) is 0 Å². The van der Waals surface area contributed by atoms with Crippen molar-refractivity contribution >= 4 is 7.60 Å². The number of para-hydroxylation sites is 1. The number of rotatable bonds is 7. The van der Waals surface area contributed by atoms with E-state index in [9.17, 15) is 4.57 Å². The summed E-state index contributed by atoms with van der Waals surface area (Å²) in [7, 11) is -3.34. The average Bonchev–Trinajstić information content (AvgIpc) is 2.62. The van der Waals surface area contributed by atoms with Crippen molar-refractivity contribution in [2.24, 2.45) is 17.8 Å². The van der Waals surface area contributed by atoms with Crippen molar-refractivity contribution in [3.63, 3.8) is 0 Å². The Bertz CT molecular complexity index is 699. The molecule has 1 aliphatic rings. The van der Waals surface area contributed by atoms with Crippen LogP contribution in [0, 0.1) is 17.8 Å². The SMILES string of the molecule is CC(C)[C@H]1CC[C@H](C)C[C@@H]1OP(=O)(Cc1ccccc1)Oc1ccccc1. The summed E-state index contributed by atoms with van der Waals surface area (Å²) >= 11 is 0. The zero-order valence-corrected chi connectivity index (χ0v) is 17.5. The second-order valence-corrected chi connectivity index (χ2v) is 10.1. The molecule has 1 saturated carbocycles. The van der Waals surface area contributed by atoms with E-state index >= 15 is 0 Å². The third-order valence-electron chi connectivity index (χ3n) is 5.46. The molecule has 146 valence electrons. The Labute approximate surface area is 163 Å². The molecule has 0 saturated heterocycles. The van der Waals surface area contributed by atoms with E-state index in [1.165, 1.54) is 6.42 Å². The highest BCUT2D eigenvalue weighted by atomic mass is 31.2. The van der Waals surface area contributed by atoms with E-state index in [0.717, 1.165) is 18.4 Å². The minimum atomic E-state index is -3.34. The fourth-order valence-corrected chi connectivity index (χ4v) is 5.92. The van der Waals surface area contributed by atoms with Crippen LogP contribution in [0.3, 0.4) is 0 Å². The van der Waals surface area contributed by atoms with Crippen LogP contribution in [-0.4, -0.2) is 6.10 Å². The molecule has 4 heteroatoms. The highest BCUT2D eigenvalue weighted by Crippen LogP contribution is 2.55. The van der Waals surface area contributed by atoms with E-state index in [1.807, 2.05) is 60.7 Å². The summed E-state index contributed by atoms with van der Waals surface area (Å²) in [6, 6.07) is 19.2. The molecule has 0 radical (unpaired) electrons. The van der Waals surface area contributed by atoms with Crippen LogP contribution >= 0.6 is 7.60 Å². The maximum Gasteiger partial charge on any atom is 0.383 e. The quantitative estimate of drug-likeness (QED) is 0.484. The van der Waals surface area contributed by atoms with E-state index in [0.29, 0.717) is 29.7 Å². The van der Waals surface area contributed by atoms with Crippen molar-refractivity contribution in [2.45, 2.75) is 52.3 Å². The Kier molecular flexibility index (Phi) is 6.78. The second-order valence-electron chi connectivity index (χ2n) is 8.13. The first kappa shape index (κ1) is 20.2. The van der Waals surface area contributed by atoms with Gasteiger partial charge < -0.3 is 4.52 Å². The third kappa shape index (κ3) is 5.70. The minimum absolute atomic E-state index is 0.0213. The van der Waals surface area contributed by atoms with Crippen LogP contribution in [0.25, 0.3) is 0 Å². The Morgan fingerprint density at radius 2 is 1.63 bits per heavy atom. The normalized spacial score (nSPS) is 25.1. The maximum atomic E-state index is 13.9. The first-order valence-electron chi connectivity index (χ1n) is 10.0. The lowest BCUT2D eigenvalue weighted by atomic mass is 9.75. The van der Waals surface area contributed by atoms with Gasteiger partial charge in [0.05, 0.1) is 12.3 Å². The molecule has 2 aromatic carbocycles. The molecule has 1 unspecified atom stereocenters. The molecule has 3 nitrogen and oxygen atoms in total. The fraction of sp³-hybridized carbons (Fsp3) is 0.478. The lowest BCUT2D eigenvalue weighted by Crippen LogP contribution is -2.34. The molecule has 27 heavy (non-hydrogen) atoms. The van der Waals surface area contributed by atoms with E-state index in [4.69, 9.17) is 9.05 Å². The number of hydrogen-bond acceptors (Lipinski definition) is 3. The van der Waals surface area contributed by atoms with Gasteiger partial charge in [-0.1, -0.05) is 75.7 Å². The Hall–Kier alpha value is -1.57. The number of hydrogen-bond donors (Lipinski definition) is 0. The van der Waals surface area contributed by atoms with Gasteiger partial charge in [-0.3, -0.25) is 4.52 Å². The second kappa shape index (κ2) is 9.08. The molecular formula is C23H31O3P. The molecule has 3 rings (SSSR count). The molecule has 0 spiro atoms. The Morgan fingerprint density at radius 1 is 1.00 bits per heavy atom. The predicted octanol–water partition coefficient (Wildman–Crippen LogP) is 6.94. The molecule has 1 fully saturated rings. The molecular weight excluding hydrogens is 355 g/mol. The molecule has 0 amide bonds. The lowest BCUT2D eigenvalue weighted by Gasteiger charge is -2.38. The summed E-state index contributed by atoms with van der Waals surface area (Å²) < 4.78 is 26.2. The summed E-state index contributed by atoms with van der Waals surface area (Å²) in [5, 5.41) is 0. The zero-order valence-electron chi connectivity index (χ0n) is 16.6. The molecule has 0 bridgehead atoms. The van der Waals surface area contributed by atoms with Gasteiger partial charge >= 0.3 is 7.60 Å². The highest BCUT2D eigenvalue weighted by Gasteiger charge is 2.38. The smallest absolute Gasteiger partial charge is 0.383 e.